The van der Waals surface area contributed by atoms with Crippen molar-refractivity contribution in [2.45, 2.75) is 45.9 Å². The standard InChI is InChI=1S/C17H18Br3F2NOS/c1-15(2)16(12(19)20)7-8-17(15,11(16)18)13(24)23-9-3-5-10(6-4-9)25-14(21)22/h3-6,11-12,14H,7-8H2,1-2H3,(H,23,24)/t11-,16-,17-/m1/s1. The van der Waals surface area contributed by atoms with Crippen LogP contribution < -0.4 is 5.32 Å². The number of halogens is 5. The molecule has 4 rings (SSSR count). The van der Waals surface area contributed by atoms with E-state index in [1.165, 1.54) is 0 Å². The number of nitrogens with one attached hydrogen (secondary N) is 1. The lowest BCUT2D eigenvalue weighted by Crippen LogP contribution is -2.71. The highest BCUT2D eigenvalue weighted by Crippen LogP contribution is 2.82. The first-order valence-corrected chi connectivity index (χ1v) is 11.5. The van der Waals surface area contributed by atoms with Gasteiger partial charge in [0.25, 0.3) is 5.76 Å². The topological polar surface area (TPSA) is 29.1 Å². The molecule has 0 saturated heterocycles. The molecule has 2 nitrogen and oxygen atoms in total. The summed E-state index contributed by atoms with van der Waals surface area (Å²) in [6, 6.07) is 6.56. The highest BCUT2D eigenvalue weighted by molar-refractivity contribution is 9.24. The third kappa shape index (κ3) is 2.68. The van der Waals surface area contributed by atoms with Gasteiger partial charge in [-0.05, 0) is 42.5 Å². The molecule has 8 heteroatoms. The largest absolute Gasteiger partial charge is 0.326 e. The van der Waals surface area contributed by atoms with E-state index in [2.05, 4.69) is 67.0 Å². The summed E-state index contributed by atoms with van der Waals surface area (Å²) < 4.78 is 24.9. The van der Waals surface area contributed by atoms with Gasteiger partial charge in [-0.15, -0.1) is 0 Å². The Balaban J connectivity index is 1.78. The molecule has 1 amide bonds. The van der Waals surface area contributed by atoms with Gasteiger partial charge in [-0.1, -0.05) is 73.4 Å². The predicted octanol–water partition coefficient (Wildman–Crippen LogP) is 6.63. The maximum Gasteiger partial charge on any atom is 0.288 e. The fourth-order valence-corrected chi connectivity index (χ4v) is 10.1. The fraction of sp³-hybridized carbons (Fsp3) is 0.588. The first-order chi connectivity index (χ1) is 11.6. The molecule has 1 N–H and O–H groups in total. The minimum Gasteiger partial charge on any atom is -0.326 e. The number of carbonyl (C=O) groups excluding carboxylic acids is 1. The average molecular weight is 562 g/mol. The molecular formula is C17H18Br3F2NOS. The Morgan fingerprint density at radius 1 is 1.24 bits per heavy atom. The van der Waals surface area contributed by atoms with E-state index in [0.29, 0.717) is 22.3 Å². The van der Waals surface area contributed by atoms with E-state index in [0.717, 1.165) is 12.8 Å². The second-order valence-corrected chi connectivity index (χ2v) is 12.2. The monoisotopic (exact) mass is 559 g/mol. The van der Waals surface area contributed by atoms with Crippen LogP contribution >= 0.6 is 59.6 Å². The van der Waals surface area contributed by atoms with E-state index in [-0.39, 0.29) is 25.3 Å². The number of fused-ring (bicyclic) bond motifs is 1. The second-order valence-electron chi connectivity index (χ2n) is 7.16. The summed E-state index contributed by atoms with van der Waals surface area (Å²) in [5.74, 6) is -2.46. The lowest BCUT2D eigenvalue weighted by atomic mass is 9.43. The molecule has 3 atom stereocenters. The summed E-state index contributed by atoms with van der Waals surface area (Å²) in [6.45, 7) is 4.30. The van der Waals surface area contributed by atoms with Crippen LogP contribution in [0.15, 0.2) is 29.2 Å². The van der Waals surface area contributed by atoms with Crippen LogP contribution in [-0.2, 0) is 4.79 Å². The molecule has 3 saturated carbocycles. The van der Waals surface area contributed by atoms with Gasteiger partial charge in [0.2, 0.25) is 5.91 Å². The number of benzene rings is 1. The van der Waals surface area contributed by atoms with Gasteiger partial charge in [0.05, 0.1) is 9.15 Å². The Kier molecular flexibility index (Phi) is 5.42. The van der Waals surface area contributed by atoms with Crippen LogP contribution in [-0.4, -0.2) is 20.2 Å². The Morgan fingerprint density at radius 3 is 2.28 bits per heavy atom. The Labute approximate surface area is 175 Å². The van der Waals surface area contributed by atoms with Crippen molar-refractivity contribution in [3.63, 3.8) is 0 Å². The third-order valence-corrected chi connectivity index (χ3v) is 10.2. The van der Waals surface area contributed by atoms with Crippen LogP contribution in [0.1, 0.15) is 26.7 Å². The van der Waals surface area contributed by atoms with E-state index in [1.807, 2.05) is 0 Å². The maximum atomic E-state index is 13.1. The summed E-state index contributed by atoms with van der Waals surface area (Å²) >= 11 is 11.6. The predicted molar refractivity (Wildman–Crippen MR) is 109 cm³/mol. The highest BCUT2D eigenvalue weighted by atomic mass is 79.9. The SMILES string of the molecule is CC1(C)[C@]2(C(=O)Nc3ccc(SC(F)F)cc3)CC[C@]1(C(Br)Br)[C@H]2Br. The van der Waals surface area contributed by atoms with Crippen LogP contribution in [0.4, 0.5) is 14.5 Å². The lowest BCUT2D eigenvalue weighted by Gasteiger charge is -2.66. The Bertz CT molecular complexity index is 685. The number of hydrogen-bond donors (Lipinski definition) is 1. The van der Waals surface area contributed by atoms with E-state index in [4.69, 9.17) is 0 Å². The zero-order valence-corrected chi connectivity index (χ0v) is 19.2. The van der Waals surface area contributed by atoms with Crippen LogP contribution in [0, 0.1) is 16.2 Å². The summed E-state index contributed by atoms with van der Waals surface area (Å²) in [4.78, 5) is 13.7. The molecule has 3 aliphatic carbocycles. The van der Waals surface area contributed by atoms with Gasteiger partial charge in [0, 0.05) is 20.8 Å². The molecule has 0 aromatic heterocycles. The van der Waals surface area contributed by atoms with Gasteiger partial charge >= 0.3 is 0 Å². The number of carbonyl (C=O) groups is 1. The molecule has 3 aliphatic rings. The summed E-state index contributed by atoms with van der Waals surface area (Å²) in [5, 5.41) is 2.99. The molecule has 0 unspecified atom stereocenters. The van der Waals surface area contributed by atoms with Crippen molar-refractivity contribution >= 4 is 71.1 Å². The molecule has 138 valence electrons. The Hall–Kier alpha value is 0.340. The van der Waals surface area contributed by atoms with E-state index in [9.17, 15) is 13.6 Å². The van der Waals surface area contributed by atoms with Gasteiger partial charge < -0.3 is 5.32 Å². The van der Waals surface area contributed by atoms with Crippen molar-refractivity contribution < 1.29 is 13.6 Å². The highest BCUT2D eigenvalue weighted by Gasteiger charge is 2.83. The van der Waals surface area contributed by atoms with Crippen molar-refractivity contribution in [2.75, 3.05) is 5.32 Å². The van der Waals surface area contributed by atoms with Gasteiger partial charge in [-0.25, -0.2) is 0 Å². The zero-order valence-electron chi connectivity index (χ0n) is 13.7. The van der Waals surface area contributed by atoms with Gasteiger partial charge in [0.15, 0.2) is 0 Å². The normalized spacial score (nSPS) is 32.8. The molecule has 0 radical (unpaired) electrons. The van der Waals surface area contributed by atoms with Gasteiger partial charge in [-0.2, -0.15) is 8.78 Å². The molecule has 1 aromatic carbocycles. The number of hydrogen-bond acceptors (Lipinski definition) is 2. The lowest BCUT2D eigenvalue weighted by molar-refractivity contribution is -0.155. The molecule has 0 heterocycles. The number of thioether (sulfide) groups is 1. The average Bonchev–Trinajstić information content (AvgIpc) is 2.98. The van der Waals surface area contributed by atoms with Crippen LogP contribution in [0.5, 0.6) is 0 Å². The molecular weight excluding hydrogens is 544 g/mol. The van der Waals surface area contributed by atoms with Crippen molar-refractivity contribution in [3.05, 3.63) is 24.3 Å². The minimum atomic E-state index is -2.45. The second kappa shape index (κ2) is 6.74. The van der Waals surface area contributed by atoms with Gasteiger partial charge in [0.1, 0.15) is 0 Å². The number of anilines is 1. The number of amides is 1. The van der Waals surface area contributed by atoms with Crippen LogP contribution in [0.2, 0.25) is 0 Å². The molecule has 25 heavy (non-hydrogen) atoms. The van der Waals surface area contributed by atoms with Crippen LogP contribution in [0.25, 0.3) is 0 Å². The molecule has 0 aliphatic heterocycles. The van der Waals surface area contributed by atoms with Crippen molar-refractivity contribution in [1.29, 1.82) is 0 Å². The third-order valence-electron chi connectivity index (χ3n) is 6.23. The van der Waals surface area contributed by atoms with Gasteiger partial charge in [-0.3, -0.25) is 4.79 Å². The summed E-state index contributed by atoms with van der Waals surface area (Å²) in [6.07, 6.45) is 1.77. The Morgan fingerprint density at radius 2 is 1.84 bits per heavy atom. The summed E-state index contributed by atoms with van der Waals surface area (Å²) in [7, 11) is 0. The van der Waals surface area contributed by atoms with E-state index < -0.39 is 11.2 Å². The van der Waals surface area contributed by atoms with E-state index >= 15 is 0 Å². The smallest absolute Gasteiger partial charge is 0.288 e. The van der Waals surface area contributed by atoms with Crippen molar-refractivity contribution in [1.82, 2.24) is 0 Å². The fourth-order valence-electron chi connectivity index (χ4n) is 4.66. The van der Waals surface area contributed by atoms with E-state index in [1.54, 1.807) is 24.3 Å². The quantitative estimate of drug-likeness (QED) is 0.323. The van der Waals surface area contributed by atoms with Crippen molar-refractivity contribution in [3.8, 4) is 0 Å². The first kappa shape index (κ1) is 20.1. The van der Waals surface area contributed by atoms with Crippen LogP contribution in [0.3, 0.4) is 0 Å². The number of rotatable bonds is 5. The molecule has 0 spiro atoms. The summed E-state index contributed by atoms with van der Waals surface area (Å²) in [5.41, 5.74) is -0.0562. The minimum absolute atomic E-state index is 0.0117. The first-order valence-electron chi connectivity index (χ1n) is 7.88. The molecule has 1 aromatic rings. The zero-order chi connectivity index (χ0) is 18.6. The van der Waals surface area contributed by atoms with Crippen molar-refractivity contribution in [2.24, 2.45) is 16.2 Å². The molecule has 2 bridgehead atoms. The number of alkyl halides is 5. The maximum absolute atomic E-state index is 13.1. The molecule has 3 fully saturated rings.